The van der Waals surface area contributed by atoms with Gasteiger partial charge in [0.2, 0.25) is 0 Å². The lowest BCUT2D eigenvalue weighted by Crippen LogP contribution is -2.16. The van der Waals surface area contributed by atoms with E-state index < -0.39 is 0 Å². The monoisotopic (exact) mass is 848 g/mol. The Balaban J connectivity index is 1.05. The Kier molecular flexibility index (Phi) is 9.39. The summed E-state index contributed by atoms with van der Waals surface area (Å²) < 4.78 is 16.9. The first-order valence-corrected chi connectivity index (χ1v) is 22.7. The van der Waals surface area contributed by atoms with Gasteiger partial charge in [0.05, 0.1) is 11.2 Å². The first-order valence-electron chi connectivity index (χ1n) is 22.7. The van der Waals surface area contributed by atoms with E-state index in [9.17, 15) is 4.39 Å². The second-order valence-corrected chi connectivity index (χ2v) is 17.8. The van der Waals surface area contributed by atoms with Gasteiger partial charge in [-0.1, -0.05) is 184 Å². The van der Waals surface area contributed by atoms with E-state index in [1.165, 1.54) is 33.4 Å². The molecule has 66 heavy (non-hydrogen) atoms. The summed E-state index contributed by atoms with van der Waals surface area (Å²) in [7, 11) is 0. The fourth-order valence-electron chi connectivity index (χ4n) is 10.5. The third kappa shape index (κ3) is 6.46. The van der Waals surface area contributed by atoms with Crippen LogP contribution in [-0.2, 0) is 5.41 Å². The summed E-state index contributed by atoms with van der Waals surface area (Å²) in [5, 5.41) is 3.40. The minimum atomic E-state index is -0.260. The third-order valence-electron chi connectivity index (χ3n) is 13.7. The molecule has 1 heterocycles. The van der Waals surface area contributed by atoms with E-state index in [4.69, 9.17) is 0 Å². The summed E-state index contributed by atoms with van der Waals surface area (Å²) in [6.45, 7) is 4.69. The van der Waals surface area contributed by atoms with Crippen molar-refractivity contribution in [2.45, 2.75) is 19.3 Å². The van der Waals surface area contributed by atoms with Crippen molar-refractivity contribution in [3.05, 3.63) is 254 Å². The summed E-state index contributed by atoms with van der Waals surface area (Å²) in [5.74, 6) is -0.260. The van der Waals surface area contributed by atoms with Gasteiger partial charge in [0.25, 0.3) is 0 Å². The number of fused-ring (bicyclic) bond motifs is 6. The van der Waals surface area contributed by atoms with E-state index in [-0.39, 0.29) is 11.2 Å². The molecule has 0 saturated heterocycles. The second-order valence-electron chi connectivity index (χ2n) is 17.8. The molecular formula is C63H45FN2. The zero-order valence-electron chi connectivity index (χ0n) is 36.8. The lowest BCUT2D eigenvalue weighted by Gasteiger charge is -2.28. The van der Waals surface area contributed by atoms with Crippen molar-refractivity contribution in [3.63, 3.8) is 0 Å². The van der Waals surface area contributed by atoms with Crippen LogP contribution in [0.2, 0.25) is 0 Å². The molecule has 11 aromatic rings. The Morgan fingerprint density at radius 3 is 1.56 bits per heavy atom. The second kappa shape index (κ2) is 15.8. The molecule has 0 atom stereocenters. The van der Waals surface area contributed by atoms with Gasteiger partial charge in [-0.15, -0.1) is 0 Å². The Morgan fingerprint density at radius 2 is 0.894 bits per heavy atom. The minimum absolute atomic E-state index is 0.136. The molecule has 3 heteroatoms. The van der Waals surface area contributed by atoms with E-state index in [0.29, 0.717) is 0 Å². The highest BCUT2D eigenvalue weighted by molar-refractivity contribution is 6.20. The van der Waals surface area contributed by atoms with Crippen LogP contribution in [0.5, 0.6) is 0 Å². The number of aromatic nitrogens is 1. The average Bonchev–Trinajstić information content (AvgIpc) is 3.84. The van der Waals surface area contributed by atoms with Crippen molar-refractivity contribution in [3.8, 4) is 61.5 Å². The molecule has 1 aliphatic carbocycles. The largest absolute Gasteiger partial charge is 0.310 e. The number of hydrogen-bond donors (Lipinski definition) is 0. The molecule has 2 nitrogen and oxygen atoms in total. The summed E-state index contributed by atoms with van der Waals surface area (Å²) in [4.78, 5) is 2.39. The molecule has 0 aliphatic heterocycles. The highest BCUT2D eigenvalue weighted by Crippen LogP contribution is 2.51. The number of anilines is 3. The number of benzene rings is 10. The highest BCUT2D eigenvalue weighted by atomic mass is 19.1. The summed E-state index contributed by atoms with van der Waals surface area (Å²) >= 11 is 0. The summed E-state index contributed by atoms with van der Waals surface area (Å²) in [6, 6.07) is 83.6. The Morgan fingerprint density at radius 1 is 0.379 bits per heavy atom. The lowest BCUT2D eigenvalue weighted by atomic mass is 9.82. The normalized spacial score (nSPS) is 12.6. The van der Waals surface area contributed by atoms with Crippen molar-refractivity contribution >= 4 is 38.7 Å². The van der Waals surface area contributed by atoms with Gasteiger partial charge in [0.1, 0.15) is 5.82 Å². The maximum absolute atomic E-state index is 14.6. The quantitative estimate of drug-likeness (QED) is 0.148. The average molecular weight is 849 g/mol. The van der Waals surface area contributed by atoms with Crippen molar-refractivity contribution in [1.82, 2.24) is 4.57 Å². The van der Waals surface area contributed by atoms with E-state index in [0.717, 1.165) is 77.9 Å². The number of hydrogen-bond acceptors (Lipinski definition) is 1. The topological polar surface area (TPSA) is 8.17 Å². The fourth-order valence-corrected chi connectivity index (χ4v) is 10.5. The minimum Gasteiger partial charge on any atom is -0.310 e. The SMILES string of the molecule is CC1(C)c2ccccc2-c2ccc(N(c3ccc(-c4ccccc4)cc3)c3ccc(-c4cc5c(-c6ccccc6)c(-c6ccccc6)n(-c6ccc(F)cc6)c5c5ccccc45)cc3)cc21. The van der Waals surface area contributed by atoms with Crippen LogP contribution in [0.15, 0.2) is 237 Å². The number of rotatable bonds is 8. The first-order chi connectivity index (χ1) is 32.4. The van der Waals surface area contributed by atoms with Crippen molar-refractivity contribution in [1.29, 1.82) is 0 Å². The molecule has 0 unspecified atom stereocenters. The predicted molar refractivity (Wildman–Crippen MR) is 275 cm³/mol. The van der Waals surface area contributed by atoms with E-state index >= 15 is 0 Å². The highest BCUT2D eigenvalue weighted by Gasteiger charge is 2.36. The standard InChI is InChI=1S/C63H45FN2/c1-63(2)58-25-15-14-23-53(58)54-39-38-51(40-59(54)63)65(48-32-26-43(27-33-48)42-16-6-3-7-17-42)49-34-28-44(29-35-49)56-41-57-60(45-18-8-4-9-19-45)61(46-20-10-5-11-21-46)66(50-36-30-47(64)31-37-50)62(57)55-24-13-12-22-52(55)56/h3-41H,1-2H3. The van der Waals surface area contributed by atoms with Gasteiger partial charge >= 0.3 is 0 Å². The Bertz CT molecular complexity index is 3570. The van der Waals surface area contributed by atoms with Gasteiger partial charge in [-0.3, -0.25) is 0 Å². The van der Waals surface area contributed by atoms with Crippen LogP contribution < -0.4 is 4.90 Å². The fraction of sp³-hybridized carbons (Fsp3) is 0.0476. The van der Waals surface area contributed by atoms with Gasteiger partial charge in [-0.2, -0.15) is 0 Å². The molecule has 0 amide bonds. The molecule has 10 aromatic carbocycles. The van der Waals surface area contributed by atoms with E-state index in [1.54, 1.807) is 12.1 Å². The molecule has 0 spiro atoms. The van der Waals surface area contributed by atoms with E-state index in [2.05, 4.69) is 236 Å². The van der Waals surface area contributed by atoms with Gasteiger partial charge in [-0.05, 0) is 128 Å². The number of nitrogens with zero attached hydrogens (tertiary/aromatic N) is 2. The molecule has 12 rings (SSSR count). The number of halogens is 1. The van der Waals surface area contributed by atoms with Gasteiger partial charge in [0.15, 0.2) is 0 Å². The van der Waals surface area contributed by atoms with Crippen LogP contribution in [0.1, 0.15) is 25.0 Å². The molecule has 0 radical (unpaired) electrons. The van der Waals surface area contributed by atoms with Crippen LogP contribution >= 0.6 is 0 Å². The van der Waals surface area contributed by atoms with Crippen molar-refractivity contribution in [2.75, 3.05) is 4.90 Å². The molecule has 0 saturated carbocycles. The smallest absolute Gasteiger partial charge is 0.123 e. The van der Waals surface area contributed by atoms with Gasteiger partial charge < -0.3 is 9.47 Å². The van der Waals surface area contributed by atoms with Crippen LogP contribution in [0.4, 0.5) is 21.5 Å². The molecule has 314 valence electrons. The van der Waals surface area contributed by atoms with Crippen LogP contribution in [0.25, 0.3) is 83.1 Å². The molecule has 1 aliphatic rings. The first kappa shape index (κ1) is 39.3. The summed E-state index contributed by atoms with van der Waals surface area (Å²) in [5.41, 5.74) is 19.5. The zero-order valence-corrected chi connectivity index (χ0v) is 36.8. The Hall–Kier alpha value is -8.27. The van der Waals surface area contributed by atoms with Gasteiger partial charge in [0, 0.05) is 44.5 Å². The van der Waals surface area contributed by atoms with Crippen molar-refractivity contribution in [2.24, 2.45) is 0 Å². The zero-order chi connectivity index (χ0) is 44.4. The van der Waals surface area contributed by atoms with Crippen molar-refractivity contribution < 1.29 is 4.39 Å². The maximum atomic E-state index is 14.6. The summed E-state index contributed by atoms with van der Waals surface area (Å²) in [6.07, 6.45) is 0. The van der Waals surface area contributed by atoms with Gasteiger partial charge in [-0.25, -0.2) is 4.39 Å². The molecule has 0 bridgehead atoms. The van der Waals surface area contributed by atoms with Crippen LogP contribution in [0, 0.1) is 5.82 Å². The predicted octanol–water partition coefficient (Wildman–Crippen LogP) is 17.4. The van der Waals surface area contributed by atoms with Crippen LogP contribution in [-0.4, -0.2) is 4.57 Å². The molecule has 1 aromatic heterocycles. The third-order valence-corrected chi connectivity index (χ3v) is 13.7. The molecule has 0 fully saturated rings. The molecule has 0 N–H and O–H groups in total. The molecular weight excluding hydrogens is 804 g/mol. The maximum Gasteiger partial charge on any atom is 0.123 e. The Labute approximate surface area is 385 Å². The van der Waals surface area contributed by atoms with E-state index in [1.807, 2.05) is 12.1 Å². The van der Waals surface area contributed by atoms with Crippen LogP contribution in [0.3, 0.4) is 0 Å². The lowest BCUT2D eigenvalue weighted by molar-refractivity contribution is 0.627.